The molecule has 17 heavy (non-hydrogen) atoms. The van der Waals surface area contributed by atoms with Crippen molar-refractivity contribution in [3.63, 3.8) is 0 Å². The maximum absolute atomic E-state index is 13.0. The molecule has 2 N–H and O–H groups in total. The molecule has 1 aromatic rings. The van der Waals surface area contributed by atoms with Gasteiger partial charge in [0.1, 0.15) is 11.6 Å². The highest BCUT2D eigenvalue weighted by molar-refractivity contribution is 5.32. The highest BCUT2D eigenvalue weighted by Crippen LogP contribution is 2.20. The number of benzene rings is 1. The summed E-state index contributed by atoms with van der Waals surface area (Å²) in [5.74, 6) is 0.316. The molecule has 1 fully saturated rings. The van der Waals surface area contributed by atoms with Gasteiger partial charge in [0, 0.05) is 24.8 Å². The summed E-state index contributed by atoms with van der Waals surface area (Å²) in [6, 6.07) is 4.31. The maximum atomic E-state index is 13.0. The SMILES string of the molecule is CC(NCc1cc(F)ccc1O)C1CCOC1. The number of halogens is 1. The minimum Gasteiger partial charge on any atom is -0.508 e. The van der Waals surface area contributed by atoms with Crippen LogP contribution >= 0.6 is 0 Å². The number of phenolic OH excluding ortho intramolecular Hbond substituents is 1. The van der Waals surface area contributed by atoms with Gasteiger partial charge in [-0.3, -0.25) is 0 Å². The fourth-order valence-electron chi connectivity index (χ4n) is 2.08. The van der Waals surface area contributed by atoms with E-state index in [9.17, 15) is 9.50 Å². The lowest BCUT2D eigenvalue weighted by atomic mass is 10.0. The van der Waals surface area contributed by atoms with Crippen LogP contribution in [0.4, 0.5) is 4.39 Å². The van der Waals surface area contributed by atoms with Gasteiger partial charge in [-0.1, -0.05) is 0 Å². The number of hydrogen-bond donors (Lipinski definition) is 2. The van der Waals surface area contributed by atoms with Crippen LogP contribution in [0.1, 0.15) is 18.9 Å². The average molecular weight is 239 g/mol. The van der Waals surface area contributed by atoms with E-state index in [4.69, 9.17) is 4.74 Å². The smallest absolute Gasteiger partial charge is 0.123 e. The Morgan fingerprint density at radius 3 is 3.12 bits per heavy atom. The van der Waals surface area contributed by atoms with E-state index in [1.54, 1.807) is 0 Å². The lowest BCUT2D eigenvalue weighted by molar-refractivity contribution is 0.178. The quantitative estimate of drug-likeness (QED) is 0.845. The Bertz CT molecular complexity index is 378. The monoisotopic (exact) mass is 239 g/mol. The van der Waals surface area contributed by atoms with Crippen molar-refractivity contribution < 1.29 is 14.2 Å². The van der Waals surface area contributed by atoms with Crippen molar-refractivity contribution >= 4 is 0 Å². The molecule has 1 aromatic carbocycles. The van der Waals surface area contributed by atoms with E-state index in [0.717, 1.165) is 19.6 Å². The largest absolute Gasteiger partial charge is 0.508 e. The van der Waals surface area contributed by atoms with E-state index >= 15 is 0 Å². The summed E-state index contributed by atoms with van der Waals surface area (Å²) < 4.78 is 18.3. The Labute approximate surface area is 101 Å². The molecule has 2 rings (SSSR count). The molecule has 0 aliphatic carbocycles. The summed E-state index contributed by atoms with van der Waals surface area (Å²) in [7, 11) is 0. The zero-order valence-electron chi connectivity index (χ0n) is 9.95. The summed E-state index contributed by atoms with van der Waals surface area (Å²) in [5.41, 5.74) is 0.593. The van der Waals surface area contributed by atoms with E-state index in [1.807, 2.05) is 0 Å². The third kappa shape index (κ3) is 3.17. The Hall–Kier alpha value is -1.13. The van der Waals surface area contributed by atoms with E-state index in [2.05, 4.69) is 12.2 Å². The summed E-state index contributed by atoms with van der Waals surface area (Å²) in [6.45, 7) is 4.17. The van der Waals surface area contributed by atoms with Crippen LogP contribution in [0.2, 0.25) is 0 Å². The van der Waals surface area contributed by atoms with Crippen LogP contribution in [0.5, 0.6) is 5.75 Å². The zero-order chi connectivity index (χ0) is 12.3. The van der Waals surface area contributed by atoms with E-state index in [1.165, 1.54) is 18.2 Å². The number of aromatic hydroxyl groups is 1. The summed E-state index contributed by atoms with van der Waals surface area (Å²) in [5, 5.41) is 12.9. The van der Waals surface area contributed by atoms with Gasteiger partial charge < -0.3 is 15.2 Å². The van der Waals surface area contributed by atoms with Crippen molar-refractivity contribution in [2.24, 2.45) is 5.92 Å². The standard InChI is InChI=1S/C13H18FNO2/c1-9(10-4-5-17-8-10)15-7-11-6-12(14)2-3-13(11)16/h2-3,6,9-10,15-16H,4-5,7-8H2,1H3. The Morgan fingerprint density at radius 2 is 2.41 bits per heavy atom. The second-order valence-corrected chi connectivity index (χ2v) is 4.57. The van der Waals surface area contributed by atoms with Crippen LogP contribution in [0.3, 0.4) is 0 Å². The first-order chi connectivity index (χ1) is 8.16. The molecule has 3 nitrogen and oxygen atoms in total. The molecule has 1 heterocycles. The van der Waals surface area contributed by atoms with Crippen molar-refractivity contribution in [2.45, 2.75) is 25.9 Å². The zero-order valence-corrected chi connectivity index (χ0v) is 9.95. The minimum atomic E-state index is -0.323. The summed E-state index contributed by atoms with van der Waals surface area (Å²) in [4.78, 5) is 0. The molecule has 94 valence electrons. The number of ether oxygens (including phenoxy) is 1. The highest BCUT2D eigenvalue weighted by atomic mass is 19.1. The third-order valence-electron chi connectivity index (χ3n) is 3.33. The minimum absolute atomic E-state index is 0.133. The second-order valence-electron chi connectivity index (χ2n) is 4.57. The topological polar surface area (TPSA) is 41.5 Å². The van der Waals surface area contributed by atoms with Gasteiger partial charge in [0.2, 0.25) is 0 Å². The van der Waals surface area contributed by atoms with Crippen LogP contribution in [0.25, 0.3) is 0 Å². The summed E-state index contributed by atoms with van der Waals surface area (Å²) >= 11 is 0. The summed E-state index contributed by atoms with van der Waals surface area (Å²) in [6.07, 6.45) is 1.06. The fourth-order valence-corrected chi connectivity index (χ4v) is 2.08. The predicted molar refractivity (Wildman–Crippen MR) is 63.3 cm³/mol. The molecule has 0 radical (unpaired) electrons. The van der Waals surface area contributed by atoms with Crippen molar-refractivity contribution in [3.8, 4) is 5.75 Å². The number of phenols is 1. The molecule has 0 aromatic heterocycles. The van der Waals surface area contributed by atoms with Gasteiger partial charge in [-0.25, -0.2) is 4.39 Å². The van der Waals surface area contributed by atoms with E-state index in [-0.39, 0.29) is 11.6 Å². The van der Waals surface area contributed by atoms with Crippen LogP contribution in [-0.4, -0.2) is 24.4 Å². The molecule has 4 heteroatoms. The lowest BCUT2D eigenvalue weighted by Crippen LogP contribution is -2.33. The van der Waals surface area contributed by atoms with Gasteiger partial charge in [0.15, 0.2) is 0 Å². The lowest BCUT2D eigenvalue weighted by Gasteiger charge is -2.19. The van der Waals surface area contributed by atoms with E-state index in [0.29, 0.717) is 24.1 Å². The van der Waals surface area contributed by atoms with Crippen molar-refractivity contribution in [1.29, 1.82) is 0 Å². The molecule has 0 amide bonds. The van der Waals surface area contributed by atoms with Crippen LogP contribution in [0, 0.1) is 11.7 Å². The maximum Gasteiger partial charge on any atom is 0.123 e. The number of nitrogens with one attached hydrogen (secondary N) is 1. The fraction of sp³-hybridized carbons (Fsp3) is 0.538. The van der Waals surface area contributed by atoms with Gasteiger partial charge >= 0.3 is 0 Å². The van der Waals surface area contributed by atoms with Gasteiger partial charge in [-0.15, -0.1) is 0 Å². The Balaban J connectivity index is 1.90. The molecule has 2 unspecified atom stereocenters. The molecular weight excluding hydrogens is 221 g/mol. The number of rotatable bonds is 4. The van der Waals surface area contributed by atoms with Gasteiger partial charge in [-0.2, -0.15) is 0 Å². The molecule has 1 saturated heterocycles. The first-order valence-corrected chi connectivity index (χ1v) is 5.95. The Kier molecular flexibility index (Phi) is 3.97. The van der Waals surface area contributed by atoms with Crippen molar-refractivity contribution in [1.82, 2.24) is 5.32 Å². The molecule has 1 aliphatic heterocycles. The van der Waals surface area contributed by atoms with Gasteiger partial charge in [0.25, 0.3) is 0 Å². The molecule has 0 saturated carbocycles. The predicted octanol–water partition coefficient (Wildman–Crippen LogP) is 2.05. The number of hydrogen-bond acceptors (Lipinski definition) is 3. The highest BCUT2D eigenvalue weighted by Gasteiger charge is 2.21. The van der Waals surface area contributed by atoms with Crippen molar-refractivity contribution in [3.05, 3.63) is 29.6 Å². The van der Waals surface area contributed by atoms with Crippen LogP contribution < -0.4 is 5.32 Å². The van der Waals surface area contributed by atoms with E-state index < -0.39 is 0 Å². The van der Waals surface area contributed by atoms with Gasteiger partial charge in [-0.05, 0) is 37.5 Å². The molecule has 0 spiro atoms. The van der Waals surface area contributed by atoms with Crippen LogP contribution in [0.15, 0.2) is 18.2 Å². The van der Waals surface area contributed by atoms with Crippen LogP contribution in [-0.2, 0) is 11.3 Å². The molecular formula is C13H18FNO2. The third-order valence-corrected chi connectivity index (χ3v) is 3.33. The molecule has 0 bridgehead atoms. The second kappa shape index (κ2) is 5.47. The first kappa shape index (κ1) is 12.3. The first-order valence-electron chi connectivity index (χ1n) is 5.95. The molecule has 2 atom stereocenters. The average Bonchev–Trinajstić information content (AvgIpc) is 2.83. The molecule has 1 aliphatic rings. The van der Waals surface area contributed by atoms with Gasteiger partial charge in [0.05, 0.1) is 6.61 Å². The normalized spacial score (nSPS) is 21.6. The van der Waals surface area contributed by atoms with Crippen molar-refractivity contribution in [2.75, 3.05) is 13.2 Å². The Morgan fingerprint density at radius 1 is 1.59 bits per heavy atom.